The van der Waals surface area contributed by atoms with Crippen molar-refractivity contribution < 1.29 is 9.18 Å². The van der Waals surface area contributed by atoms with Gasteiger partial charge in [-0.15, -0.1) is 10.2 Å². The van der Waals surface area contributed by atoms with E-state index in [1.165, 1.54) is 18.2 Å². The van der Waals surface area contributed by atoms with Crippen molar-refractivity contribution in [3.05, 3.63) is 24.0 Å². The smallest absolute Gasteiger partial charge is 0.226 e. The zero-order valence-corrected chi connectivity index (χ0v) is 11.8. The molecular weight excluding hydrogens is 279 g/mol. The number of anilines is 2. The summed E-state index contributed by atoms with van der Waals surface area (Å²) in [5.41, 5.74) is 6.36. The predicted molar refractivity (Wildman–Crippen MR) is 77.9 cm³/mol. The summed E-state index contributed by atoms with van der Waals surface area (Å²) in [6.07, 6.45) is 2.21. The van der Waals surface area contributed by atoms with Gasteiger partial charge in [0.05, 0.1) is 5.56 Å². The molecule has 0 spiro atoms. The first-order chi connectivity index (χ1) is 9.60. The number of nitrogens with zero attached hydrogens (tertiary/aromatic N) is 2. The third-order valence-corrected chi connectivity index (χ3v) is 3.52. The molecule has 0 atom stereocenters. The van der Waals surface area contributed by atoms with E-state index in [1.54, 1.807) is 0 Å². The lowest BCUT2D eigenvalue weighted by atomic mass is 10.2. The zero-order chi connectivity index (χ0) is 14.5. The third-order valence-electron chi connectivity index (χ3n) is 2.65. The van der Waals surface area contributed by atoms with Crippen molar-refractivity contribution in [2.75, 3.05) is 11.1 Å². The van der Waals surface area contributed by atoms with Crippen LogP contribution in [0, 0.1) is 5.82 Å². The highest BCUT2D eigenvalue weighted by Crippen LogP contribution is 2.29. The number of benzene rings is 1. The SMILES string of the molecule is CCCCC(=O)Nc1nnc(-c2cc(N)ccc2F)s1. The highest BCUT2D eigenvalue weighted by molar-refractivity contribution is 7.18. The minimum atomic E-state index is -0.417. The van der Waals surface area contributed by atoms with Gasteiger partial charge in [-0.2, -0.15) is 0 Å². The topological polar surface area (TPSA) is 80.9 Å². The van der Waals surface area contributed by atoms with Crippen LogP contribution in [0.1, 0.15) is 26.2 Å². The molecule has 7 heteroatoms. The van der Waals surface area contributed by atoms with Crippen LogP contribution in [0.15, 0.2) is 18.2 Å². The molecule has 106 valence electrons. The van der Waals surface area contributed by atoms with Crippen molar-refractivity contribution in [2.45, 2.75) is 26.2 Å². The number of carbonyl (C=O) groups excluding carboxylic acids is 1. The fraction of sp³-hybridized carbons (Fsp3) is 0.308. The second-order valence-corrected chi connectivity index (χ2v) is 5.28. The molecule has 0 saturated heterocycles. The number of hydrogen-bond acceptors (Lipinski definition) is 5. The second-order valence-electron chi connectivity index (χ2n) is 4.30. The Morgan fingerprint density at radius 1 is 1.45 bits per heavy atom. The fourth-order valence-corrected chi connectivity index (χ4v) is 2.39. The Balaban J connectivity index is 2.12. The fourth-order valence-electron chi connectivity index (χ4n) is 1.61. The summed E-state index contributed by atoms with van der Waals surface area (Å²) < 4.78 is 13.7. The molecule has 2 rings (SSSR count). The average molecular weight is 294 g/mol. The molecule has 0 radical (unpaired) electrons. The van der Waals surface area contributed by atoms with Crippen molar-refractivity contribution in [1.29, 1.82) is 0 Å². The first-order valence-corrected chi connectivity index (χ1v) is 7.10. The van der Waals surface area contributed by atoms with E-state index in [4.69, 9.17) is 5.73 Å². The van der Waals surface area contributed by atoms with E-state index in [0.29, 0.717) is 22.2 Å². The number of nitrogens with two attached hydrogens (primary N) is 1. The van der Waals surface area contributed by atoms with E-state index >= 15 is 0 Å². The van der Waals surface area contributed by atoms with Gasteiger partial charge in [-0.25, -0.2) is 4.39 Å². The van der Waals surface area contributed by atoms with Crippen LogP contribution in [0.5, 0.6) is 0 Å². The Hall–Kier alpha value is -2.02. The van der Waals surface area contributed by atoms with Gasteiger partial charge >= 0.3 is 0 Å². The van der Waals surface area contributed by atoms with Crippen molar-refractivity contribution >= 4 is 28.1 Å². The highest BCUT2D eigenvalue weighted by atomic mass is 32.1. The molecule has 20 heavy (non-hydrogen) atoms. The number of carbonyl (C=O) groups is 1. The molecule has 0 aliphatic rings. The van der Waals surface area contributed by atoms with Crippen LogP contribution < -0.4 is 11.1 Å². The maximum absolute atomic E-state index is 13.7. The van der Waals surface area contributed by atoms with E-state index in [2.05, 4.69) is 15.5 Å². The molecule has 5 nitrogen and oxygen atoms in total. The van der Waals surface area contributed by atoms with Gasteiger partial charge in [-0.05, 0) is 24.6 Å². The minimum Gasteiger partial charge on any atom is -0.399 e. The standard InChI is InChI=1S/C13H15FN4OS/c1-2-3-4-11(19)16-13-18-17-12(20-13)9-7-8(15)5-6-10(9)14/h5-7H,2-4,15H2,1H3,(H,16,18,19). The van der Waals surface area contributed by atoms with Crippen molar-refractivity contribution in [3.63, 3.8) is 0 Å². The number of nitrogens with one attached hydrogen (secondary N) is 1. The molecule has 0 bridgehead atoms. The number of amides is 1. The summed E-state index contributed by atoms with van der Waals surface area (Å²) in [5, 5.41) is 11.1. The maximum Gasteiger partial charge on any atom is 0.226 e. The van der Waals surface area contributed by atoms with Crippen LogP contribution in [0.2, 0.25) is 0 Å². The van der Waals surface area contributed by atoms with Crippen molar-refractivity contribution in [3.8, 4) is 10.6 Å². The Bertz CT molecular complexity index is 614. The van der Waals surface area contributed by atoms with Gasteiger partial charge in [0.2, 0.25) is 11.0 Å². The number of aromatic nitrogens is 2. The molecule has 0 saturated carbocycles. The molecule has 1 heterocycles. The summed E-state index contributed by atoms with van der Waals surface area (Å²) in [7, 11) is 0. The molecule has 1 amide bonds. The number of halogens is 1. The van der Waals surface area contributed by atoms with E-state index in [9.17, 15) is 9.18 Å². The minimum absolute atomic E-state index is 0.109. The molecular formula is C13H15FN4OS. The van der Waals surface area contributed by atoms with Gasteiger partial charge in [0.25, 0.3) is 0 Å². The molecule has 0 unspecified atom stereocenters. The lowest BCUT2D eigenvalue weighted by molar-refractivity contribution is -0.116. The summed E-state index contributed by atoms with van der Waals surface area (Å²) in [6, 6.07) is 4.26. The van der Waals surface area contributed by atoms with Crippen LogP contribution >= 0.6 is 11.3 Å². The number of hydrogen-bond donors (Lipinski definition) is 2. The largest absolute Gasteiger partial charge is 0.399 e. The van der Waals surface area contributed by atoms with Crippen LogP contribution in [0.4, 0.5) is 15.2 Å². The Morgan fingerprint density at radius 3 is 3.00 bits per heavy atom. The van der Waals surface area contributed by atoms with Gasteiger partial charge < -0.3 is 11.1 Å². The number of rotatable bonds is 5. The second kappa shape index (κ2) is 6.42. The zero-order valence-electron chi connectivity index (χ0n) is 11.0. The van der Waals surface area contributed by atoms with E-state index < -0.39 is 5.82 Å². The van der Waals surface area contributed by atoms with Crippen LogP contribution in [0.25, 0.3) is 10.6 Å². The van der Waals surface area contributed by atoms with Crippen LogP contribution in [0.3, 0.4) is 0 Å². The van der Waals surface area contributed by atoms with Gasteiger partial charge in [-0.3, -0.25) is 4.79 Å². The normalized spacial score (nSPS) is 10.5. The van der Waals surface area contributed by atoms with Gasteiger partial charge in [0.15, 0.2) is 5.01 Å². The Morgan fingerprint density at radius 2 is 2.25 bits per heavy atom. The number of nitrogen functional groups attached to an aromatic ring is 1. The number of unbranched alkanes of at least 4 members (excludes halogenated alkanes) is 1. The third kappa shape index (κ3) is 3.51. The molecule has 1 aromatic carbocycles. The summed E-state index contributed by atoms with van der Waals surface area (Å²) >= 11 is 1.12. The van der Waals surface area contributed by atoms with E-state index in [0.717, 1.165) is 24.2 Å². The molecule has 1 aromatic heterocycles. The maximum atomic E-state index is 13.7. The Kier molecular flexibility index (Phi) is 4.62. The molecule has 3 N–H and O–H groups in total. The lowest BCUT2D eigenvalue weighted by Crippen LogP contribution is -2.10. The summed E-state index contributed by atoms with van der Waals surface area (Å²) in [6.45, 7) is 2.01. The predicted octanol–water partition coefficient (Wildman–Crippen LogP) is 3.06. The lowest BCUT2D eigenvalue weighted by Gasteiger charge is -2.00. The van der Waals surface area contributed by atoms with E-state index in [1.807, 2.05) is 6.92 Å². The quantitative estimate of drug-likeness (QED) is 0.830. The van der Waals surface area contributed by atoms with Gasteiger partial charge in [0, 0.05) is 12.1 Å². The molecule has 0 fully saturated rings. The van der Waals surface area contributed by atoms with Crippen molar-refractivity contribution in [2.24, 2.45) is 0 Å². The van der Waals surface area contributed by atoms with Gasteiger partial charge in [0.1, 0.15) is 5.82 Å². The van der Waals surface area contributed by atoms with Crippen molar-refractivity contribution in [1.82, 2.24) is 10.2 Å². The van der Waals surface area contributed by atoms with E-state index in [-0.39, 0.29) is 11.5 Å². The average Bonchev–Trinajstić information content (AvgIpc) is 2.87. The first kappa shape index (κ1) is 14.4. The van der Waals surface area contributed by atoms with Gasteiger partial charge in [-0.1, -0.05) is 24.7 Å². The molecule has 2 aromatic rings. The van der Waals surface area contributed by atoms with Crippen LogP contribution in [-0.4, -0.2) is 16.1 Å². The monoisotopic (exact) mass is 294 g/mol. The highest BCUT2D eigenvalue weighted by Gasteiger charge is 2.13. The van der Waals surface area contributed by atoms with Crippen LogP contribution in [-0.2, 0) is 4.79 Å². The summed E-state index contributed by atoms with van der Waals surface area (Å²) in [4.78, 5) is 11.6. The summed E-state index contributed by atoms with van der Waals surface area (Å²) in [5.74, 6) is -0.526. The molecule has 0 aliphatic carbocycles. The molecule has 0 aliphatic heterocycles. The first-order valence-electron chi connectivity index (χ1n) is 6.29. The Labute approximate surface area is 120 Å².